The average molecular weight is 519 g/mol. The molecule has 188 valence electrons. The molecule has 0 bridgehead atoms. The highest BCUT2D eigenvalue weighted by molar-refractivity contribution is 7.92. The molecule has 14 heteroatoms. The van der Waals surface area contributed by atoms with Crippen molar-refractivity contribution in [2.75, 3.05) is 20.9 Å². The molecule has 2 unspecified atom stereocenters. The molecule has 1 aliphatic rings. The monoisotopic (exact) mass is 518 g/mol. The lowest BCUT2D eigenvalue weighted by Crippen LogP contribution is -2.52. The molecule has 34 heavy (non-hydrogen) atoms. The molecule has 3 rings (SSSR count). The van der Waals surface area contributed by atoms with E-state index in [2.05, 4.69) is 9.44 Å². The van der Waals surface area contributed by atoms with E-state index in [1.165, 1.54) is 13.8 Å². The normalized spacial score (nSPS) is 22.7. The lowest BCUT2D eigenvalue weighted by molar-refractivity contribution is -0.0801. The van der Waals surface area contributed by atoms with Crippen molar-refractivity contribution in [1.82, 2.24) is 0 Å². The predicted octanol–water partition coefficient (Wildman–Crippen LogP) is 0.635. The predicted molar refractivity (Wildman–Crippen MR) is 123 cm³/mol. The summed E-state index contributed by atoms with van der Waals surface area (Å²) in [6, 6.07) is 3.94. The Kier molecular flexibility index (Phi) is 6.81. The Balaban J connectivity index is 1.99. The number of hydrogen-bond acceptors (Lipinski definition) is 10. The van der Waals surface area contributed by atoms with Crippen LogP contribution in [0.25, 0.3) is 0 Å². The summed E-state index contributed by atoms with van der Waals surface area (Å²) in [7, 11) is -7.56. The number of rotatable bonds is 8. The third-order valence-corrected chi connectivity index (χ3v) is 8.31. The fraction of sp³-hybridized carbons (Fsp3) is 0.400. The Hall–Kier alpha value is -2.94. The van der Waals surface area contributed by atoms with Crippen LogP contribution in [0.15, 0.2) is 24.3 Å². The van der Waals surface area contributed by atoms with Gasteiger partial charge in [-0.15, -0.1) is 0 Å². The second kappa shape index (κ2) is 9.02. The van der Waals surface area contributed by atoms with Crippen LogP contribution in [0.5, 0.6) is 23.0 Å². The maximum atomic E-state index is 12.0. The summed E-state index contributed by atoms with van der Waals surface area (Å²) in [5, 5.41) is 62.6. The number of aromatic hydroxyl groups is 4. The van der Waals surface area contributed by atoms with Gasteiger partial charge in [0, 0.05) is 47.2 Å². The van der Waals surface area contributed by atoms with E-state index in [9.17, 15) is 47.5 Å². The number of aliphatic hydroxyl groups excluding tert-OH is 2. The zero-order chi connectivity index (χ0) is 25.6. The molecule has 1 fully saturated rings. The zero-order valence-electron chi connectivity index (χ0n) is 18.2. The first kappa shape index (κ1) is 25.7. The van der Waals surface area contributed by atoms with Gasteiger partial charge in [-0.25, -0.2) is 16.8 Å². The quantitative estimate of drug-likeness (QED) is 0.244. The number of hydrogen-bond donors (Lipinski definition) is 8. The van der Waals surface area contributed by atoms with Crippen molar-refractivity contribution in [2.45, 2.75) is 37.9 Å². The van der Waals surface area contributed by atoms with Crippen LogP contribution in [0.1, 0.15) is 36.8 Å². The molecule has 0 radical (unpaired) electrons. The molecule has 2 aromatic rings. The van der Waals surface area contributed by atoms with Crippen LogP contribution >= 0.6 is 0 Å². The fourth-order valence-electron chi connectivity index (χ4n) is 3.96. The second-order valence-corrected chi connectivity index (χ2v) is 11.9. The Bertz CT molecular complexity index is 1280. The first-order chi connectivity index (χ1) is 15.7. The van der Waals surface area contributed by atoms with Gasteiger partial charge in [0.2, 0.25) is 20.0 Å². The van der Waals surface area contributed by atoms with Crippen LogP contribution in [-0.4, -0.2) is 71.2 Å². The smallest absolute Gasteiger partial charge is 0.232 e. The van der Waals surface area contributed by atoms with E-state index >= 15 is 0 Å². The van der Waals surface area contributed by atoms with Crippen LogP contribution < -0.4 is 9.44 Å². The maximum absolute atomic E-state index is 12.0. The highest BCUT2D eigenvalue weighted by atomic mass is 32.2. The summed E-state index contributed by atoms with van der Waals surface area (Å²) >= 11 is 0. The molecule has 0 heterocycles. The number of aliphatic hydroxyl groups is 2. The molecule has 2 atom stereocenters. The van der Waals surface area contributed by atoms with Gasteiger partial charge in [-0.1, -0.05) is 0 Å². The average Bonchev–Trinajstić information content (AvgIpc) is 2.72. The van der Waals surface area contributed by atoms with E-state index in [1.807, 2.05) is 0 Å². The van der Waals surface area contributed by atoms with Gasteiger partial charge in [0.05, 0.1) is 35.1 Å². The minimum atomic E-state index is -3.85. The van der Waals surface area contributed by atoms with Crippen molar-refractivity contribution < 1.29 is 47.5 Å². The third kappa shape index (κ3) is 4.80. The van der Waals surface area contributed by atoms with E-state index in [4.69, 9.17) is 0 Å². The van der Waals surface area contributed by atoms with Gasteiger partial charge in [-0.05, 0) is 13.8 Å². The van der Waals surface area contributed by atoms with Crippen LogP contribution in [0, 0.1) is 0 Å². The van der Waals surface area contributed by atoms with E-state index in [0.29, 0.717) is 0 Å². The van der Waals surface area contributed by atoms with Gasteiger partial charge in [0.1, 0.15) is 23.0 Å². The molecule has 1 saturated carbocycles. The number of phenols is 4. The summed E-state index contributed by atoms with van der Waals surface area (Å²) in [6.07, 6.45) is -3.02. The van der Waals surface area contributed by atoms with Crippen molar-refractivity contribution in [1.29, 1.82) is 0 Å². The Labute approximate surface area is 196 Å². The molecule has 0 saturated heterocycles. The van der Waals surface area contributed by atoms with Crippen molar-refractivity contribution >= 4 is 31.4 Å². The van der Waals surface area contributed by atoms with Gasteiger partial charge in [-0.3, -0.25) is 9.44 Å². The first-order valence-electron chi connectivity index (χ1n) is 10.2. The lowest BCUT2D eigenvalue weighted by atomic mass is 9.62. The SMILES string of the molecule is CCS(=O)(=O)Nc1cc(O)c(C2C(O)C(c3c(O)cc(O)cc3NS(=O)(=O)CC)C2O)c(O)c1. The maximum Gasteiger partial charge on any atom is 0.232 e. The van der Waals surface area contributed by atoms with E-state index in [1.54, 1.807) is 0 Å². The number of sulfonamides is 2. The number of anilines is 2. The summed E-state index contributed by atoms with van der Waals surface area (Å²) in [5.74, 6) is -5.34. The molecule has 0 aliphatic heterocycles. The molecule has 0 aromatic heterocycles. The molecule has 2 aromatic carbocycles. The standard InChI is InChI=1S/C20H26N2O10S2/c1-3-33(29,30)21-9-5-12(24)16(13(25)6-9)18-19(27)17(20(18)28)15-11(22-34(31,32)4-2)7-10(23)8-14(15)26/h5-8,17-28H,3-4H2,1-2H3. The summed E-state index contributed by atoms with van der Waals surface area (Å²) in [4.78, 5) is 0. The summed E-state index contributed by atoms with van der Waals surface area (Å²) in [6.45, 7) is 2.76. The van der Waals surface area contributed by atoms with Gasteiger partial charge in [0.15, 0.2) is 0 Å². The van der Waals surface area contributed by atoms with Crippen LogP contribution in [-0.2, 0) is 20.0 Å². The van der Waals surface area contributed by atoms with Crippen LogP contribution in [0.2, 0.25) is 0 Å². The first-order valence-corrected chi connectivity index (χ1v) is 13.5. The van der Waals surface area contributed by atoms with E-state index in [-0.39, 0.29) is 34.0 Å². The van der Waals surface area contributed by atoms with E-state index in [0.717, 1.165) is 24.3 Å². The van der Waals surface area contributed by atoms with Crippen molar-refractivity contribution in [3.8, 4) is 23.0 Å². The van der Waals surface area contributed by atoms with Gasteiger partial charge in [-0.2, -0.15) is 0 Å². The molecule has 1 aliphatic carbocycles. The van der Waals surface area contributed by atoms with Gasteiger partial charge in [0.25, 0.3) is 0 Å². The minimum Gasteiger partial charge on any atom is -0.508 e. The van der Waals surface area contributed by atoms with Gasteiger partial charge < -0.3 is 30.6 Å². The van der Waals surface area contributed by atoms with Crippen LogP contribution in [0.3, 0.4) is 0 Å². The molecule has 8 N–H and O–H groups in total. The second-order valence-electron chi connectivity index (χ2n) is 7.90. The topological polar surface area (TPSA) is 214 Å². The van der Waals surface area contributed by atoms with Crippen molar-refractivity contribution in [3.05, 3.63) is 35.4 Å². The third-order valence-electron chi connectivity index (χ3n) is 5.72. The highest BCUT2D eigenvalue weighted by Crippen LogP contribution is 2.56. The number of benzene rings is 2. The summed E-state index contributed by atoms with van der Waals surface area (Å²) in [5.41, 5.74) is -0.825. The molecule has 12 nitrogen and oxygen atoms in total. The number of nitrogens with one attached hydrogen (secondary N) is 2. The lowest BCUT2D eigenvalue weighted by Gasteiger charge is -2.47. The minimum absolute atomic E-state index is 0.132. The van der Waals surface area contributed by atoms with Gasteiger partial charge >= 0.3 is 0 Å². The Morgan fingerprint density at radius 2 is 1.15 bits per heavy atom. The summed E-state index contributed by atoms with van der Waals surface area (Å²) < 4.78 is 51.9. The highest BCUT2D eigenvalue weighted by Gasteiger charge is 2.54. The molecule has 0 spiro atoms. The molecular weight excluding hydrogens is 492 g/mol. The number of phenolic OH excluding ortho intramolecular Hbond substituents is 4. The Morgan fingerprint density at radius 3 is 1.65 bits per heavy atom. The van der Waals surface area contributed by atoms with Crippen molar-refractivity contribution in [2.24, 2.45) is 0 Å². The van der Waals surface area contributed by atoms with Crippen LogP contribution in [0.4, 0.5) is 11.4 Å². The fourth-order valence-corrected chi connectivity index (χ4v) is 5.23. The molecular formula is C20H26N2O10S2. The zero-order valence-corrected chi connectivity index (χ0v) is 19.8. The molecule has 0 amide bonds. The largest absolute Gasteiger partial charge is 0.508 e. The van der Waals surface area contributed by atoms with E-state index < -0.39 is 67.1 Å². The van der Waals surface area contributed by atoms with Crippen molar-refractivity contribution in [3.63, 3.8) is 0 Å². The Morgan fingerprint density at radius 1 is 0.706 bits per heavy atom.